The van der Waals surface area contributed by atoms with E-state index in [0.29, 0.717) is 42.6 Å². The summed E-state index contributed by atoms with van der Waals surface area (Å²) in [7, 11) is 0. The molecule has 1 fully saturated rings. The third-order valence-corrected chi connectivity index (χ3v) is 6.30. The van der Waals surface area contributed by atoms with Gasteiger partial charge in [-0.1, -0.05) is 44.9 Å². The van der Waals surface area contributed by atoms with E-state index >= 15 is 0 Å². The Bertz CT molecular complexity index is 884. The zero-order valence-electron chi connectivity index (χ0n) is 19.1. The maximum absolute atomic E-state index is 13.0. The Hall–Kier alpha value is -2.51. The molecule has 1 N–H and O–H groups in total. The summed E-state index contributed by atoms with van der Waals surface area (Å²) in [5.41, 5.74) is 2.48. The van der Waals surface area contributed by atoms with Crippen LogP contribution >= 0.6 is 0 Å². The predicted molar refractivity (Wildman–Crippen MR) is 121 cm³/mol. The number of amides is 1. The monoisotopic (exact) mass is 426 g/mol. The number of carbonyl (C=O) groups excluding carboxylic acids is 2. The van der Waals surface area contributed by atoms with Crippen molar-refractivity contribution in [3.63, 3.8) is 0 Å². The molecule has 168 valence electrons. The number of ether oxygens (including phenoxy) is 1. The van der Waals surface area contributed by atoms with Crippen molar-refractivity contribution in [2.24, 2.45) is 5.92 Å². The molecule has 31 heavy (non-hydrogen) atoms. The van der Waals surface area contributed by atoms with Crippen molar-refractivity contribution in [2.45, 2.75) is 46.6 Å². The molecule has 0 spiro atoms. The van der Waals surface area contributed by atoms with E-state index in [9.17, 15) is 9.59 Å². The highest BCUT2D eigenvalue weighted by molar-refractivity contribution is 6.43. The first-order chi connectivity index (χ1) is 15.0. The molecule has 0 bridgehead atoms. The van der Waals surface area contributed by atoms with Gasteiger partial charge >= 0.3 is 0 Å². The Morgan fingerprint density at radius 2 is 1.74 bits per heavy atom. The lowest BCUT2D eigenvalue weighted by atomic mass is 9.92. The van der Waals surface area contributed by atoms with E-state index in [0.717, 1.165) is 31.6 Å². The van der Waals surface area contributed by atoms with Crippen LogP contribution in [0.1, 0.15) is 48.4 Å². The number of ketones is 1. The summed E-state index contributed by atoms with van der Waals surface area (Å²) in [5, 5.41) is 7.42. The molecule has 7 nitrogen and oxygen atoms in total. The molecule has 0 aliphatic carbocycles. The number of nitrogens with one attached hydrogen (secondary N) is 1. The molecule has 3 rings (SSSR count). The summed E-state index contributed by atoms with van der Waals surface area (Å²) in [5.74, 6) is -0.636. The topological polar surface area (TPSA) is 76.5 Å². The van der Waals surface area contributed by atoms with Crippen molar-refractivity contribution in [1.29, 1.82) is 0 Å². The van der Waals surface area contributed by atoms with Gasteiger partial charge in [0.25, 0.3) is 11.7 Å². The smallest absolute Gasteiger partial charge is 0.292 e. The Balaban J connectivity index is 1.74. The second-order valence-corrected chi connectivity index (χ2v) is 8.12. The molecule has 7 heteroatoms. The van der Waals surface area contributed by atoms with Crippen LogP contribution < -0.4 is 5.32 Å². The molecule has 0 radical (unpaired) electrons. The van der Waals surface area contributed by atoms with Gasteiger partial charge in [-0.25, -0.2) is 4.68 Å². The Labute approximate surface area is 184 Å². The number of carbonyl (C=O) groups is 2. The number of nitrogens with zero attached hydrogens (tertiary/aromatic N) is 3. The highest BCUT2D eigenvalue weighted by Gasteiger charge is 2.30. The van der Waals surface area contributed by atoms with E-state index in [4.69, 9.17) is 4.74 Å². The van der Waals surface area contributed by atoms with E-state index < -0.39 is 11.7 Å². The van der Waals surface area contributed by atoms with Gasteiger partial charge in [0.1, 0.15) is 0 Å². The number of rotatable bonds is 9. The van der Waals surface area contributed by atoms with Crippen LogP contribution in [0.15, 0.2) is 30.3 Å². The standard InChI is InChI=1S/C24H34N4O3/c1-5-19(6-2)21(27-12-14-31-15-13-27)16-25-24(30)23(29)22-17(3)26-28(18(22)4)20-10-8-7-9-11-20/h7-11,19,21H,5-6,12-16H2,1-4H3,(H,25,30)/t21-/m0/s1. The minimum absolute atomic E-state index is 0.199. The van der Waals surface area contributed by atoms with Crippen LogP contribution in [-0.2, 0) is 9.53 Å². The van der Waals surface area contributed by atoms with Crippen molar-refractivity contribution >= 4 is 11.7 Å². The van der Waals surface area contributed by atoms with Crippen LogP contribution in [0.3, 0.4) is 0 Å². The van der Waals surface area contributed by atoms with Crippen LogP contribution in [0.25, 0.3) is 5.69 Å². The number of benzene rings is 1. The molecule has 2 heterocycles. The molecular weight excluding hydrogens is 392 g/mol. The van der Waals surface area contributed by atoms with Gasteiger partial charge in [-0.3, -0.25) is 14.5 Å². The zero-order chi connectivity index (χ0) is 22.4. The summed E-state index contributed by atoms with van der Waals surface area (Å²) >= 11 is 0. The molecule has 1 atom stereocenters. The average molecular weight is 427 g/mol. The SMILES string of the molecule is CCC(CC)[C@H](CNC(=O)C(=O)c1c(C)nn(-c2ccccc2)c1C)N1CCOCC1. The molecule has 1 aliphatic rings. The van der Waals surface area contributed by atoms with Crippen LogP contribution in [0.4, 0.5) is 0 Å². The number of morpholine rings is 1. The molecule has 1 aliphatic heterocycles. The highest BCUT2D eigenvalue weighted by Crippen LogP contribution is 2.21. The summed E-state index contributed by atoms with van der Waals surface area (Å²) in [6, 6.07) is 9.82. The summed E-state index contributed by atoms with van der Waals surface area (Å²) in [6.07, 6.45) is 2.06. The Morgan fingerprint density at radius 3 is 2.35 bits per heavy atom. The van der Waals surface area contributed by atoms with Crippen molar-refractivity contribution in [3.8, 4) is 5.69 Å². The number of Topliss-reactive ketones (excluding diaryl/α,β-unsaturated/α-hetero) is 1. The lowest BCUT2D eigenvalue weighted by Gasteiger charge is -2.38. The van der Waals surface area contributed by atoms with E-state index in [-0.39, 0.29) is 6.04 Å². The second kappa shape index (κ2) is 10.7. The van der Waals surface area contributed by atoms with Gasteiger partial charge in [-0.15, -0.1) is 0 Å². The summed E-state index contributed by atoms with van der Waals surface area (Å²) in [4.78, 5) is 28.3. The molecule has 1 aromatic carbocycles. The van der Waals surface area contributed by atoms with E-state index in [1.807, 2.05) is 37.3 Å². The fourth-order valence-electron chi connectivity index (χ4n) is 4.52. The molecule has 0 unspecified atom stereocenters. The van der Waals surface area contributed by atoms with Crippen LogP contribution in [0.5, 0.6) is 0 Å². The number of hydrogen-bond donors (Lipinski definition) is 1. The van der Waals surface area contributed by atoms with Gasteiger partial charge < -0.3 is 10.1 Å². The van der Waals surface area contributed by atoms with Crippen molar-refractivity contribution in [2.75, 3.05) is 32.8 Å². The van der Waals surface area contributed by atoms with Crippen molar-refractivity contribution in [3.05, 3.63) is 47.3 Å². The predicted octanol–water partition coefficient (Wildman–Crippen LogP) is 2.93. The molecule has 1 saturated heterocycles. The van der Waals surface area contributed by atoms with Gasteiger partial charge in [0.05, 0.1) is 35.9 Å². The van der Waals surface area contributed by atoms with Crippen LogP contribution in [0, 0.1) is 19.8 Å². The fraction of sp³-hybridized carbons (Fsp3) is 0.542. The van der Waals surface area contributed by atoms with Gasteiger partial charge in [-0.2, -0.15) is 5.10 Å². The van der Waals surface area contributed by atoms with E-state index in [1.54, 1.807) is 11.6 Å². The van der Waals surface area contributed by atoms with Gasteiger partial charge in [0.15, 0.2) is 0 Å². The summed E-state index contributed by atoms with van der Waals surface area (Å²) < 4.78 is 7.21. The largest absolute Gasteiger partial charge is 0.379 e. The Morgan fingerprint density at radius 1 is 1.10 bits per heavy atom. The van der Waals surface area contributed by atoms with Gasteiger partial charge in [0, 0.05) is 25.7 Å². The quantitative estimate of drug-likeness (QED) is 0.493. The van der Waals surface area contributed by atoms with E-state index in [1.165, 1.54) is 0 Å². The minimum Gasteiger partial charge on any atom is -0.379 e. The fourth-order valence-corrected chi connectivity index (χ4v) is 4.52. The van der Waals surface area contributed by atoms with Crippen LogP contribution in [-0.4, -0.2) is 65.3 Å². The molecule has 1 aromatic heterocycles. The third-order valence-electron chi connectivity index (χ3n) is 6.30. The second-order valence-electron chi connectivity index (χ2n) is 8.12. The first kappa shape index (κ1) is 23.2. The normalized spacial score (nSPS) is 15.8. The molecule has 2 aromatic rings. The van der Waals surface area contributed by atoms with Crippen molar-refractivity contribution in [1.82, 2.24) is 20.0 Å². The third kappa shape index (κ3) is 5.22. The van der Waals surface area contributed by atoms with Gasteiger partial charge in [-0.05, 0) is 31.9 Å². The average Bonchev–Trinajstić information content (AvgIpc) is 3.10. The highest BCUT2D eigenvalue weighted by atomic mass is 16.5. The minimum atomic E-state index is -0.567. The maximum Gasteiger partial charge on any atom is 0.292 e. The molecule has 0 saturated carbocycles. The molecular formula is C24H34N4O3. The van der Waals surface area contributed by atoms with Crippen LogP contribution in [0.2, 0.25) is 0 Å². The first-order valence-electron chi connectivity index (χ1n) is 11.2. The van der Waals surface area contributed by atoms with Gasteiger partial charge in [0.2, 0.25) is 0 Å². The first-order valence-corrected chi connectivity index (χ1v) is 11.2. The lowest BCUT2D eigenvalue weighted by Crippen LogP contribution is -2.52. The number of aryl methyl sites for hydroxylation is 1. The number of hydrogen-bond acceptors (Lipinski definition) is 5. The zero-order valence-corrected chi connectivity index (χ0v) is 19.1. The Kier molecular flexibility index (Phi) is 7.98. The maximum atomic E-state index is 13.0. The van der Waals surface area contributed by atoms with Crippen molar-refractivity contribution < 1.29 is 14.3 Å². The number of aromatic nitrogens is 2. The lowest BCUT2D eigenvalue weighted by molar-refractivity contribution is -0.117. The summed E-state index contributed by atoms with van der Waals surface area (Å²) in [6.45, 7) is 11.5. The van der Waals surface area contributed by atoms with E-state index in [2.05, 4.69) is 29.2 Å². The number of para-hydroxylation sites is 1. The molecule has 1 amide bonds.